The molecule has 1 aromatic rings. The lowest BCUT2D eigenvalue weighted by Gasteiger charge is -2.11. The number of hydrogen-bond acceptors (Lipinski definition) is 4. The number of ether oxygens (including phenoxy) is 3. The van der Waals surface area contributed by atoms with E-state index in [1.165, 1.54) is 20.3 Å². The summed E-state index contributed by atoms with van der Waals surface area (Å²) in [5.41, 5.74) is 0.569. The molecule has 114 valence electrons. The maximum absolute atomic E-state index is 13.8. The Bertz CT molecular complexity index is 410. The van der Waals surface area contributed by atoms with Gasteiger partial charge in [-0.1, -0.05) is 13.8 Å². The van der Waals surface area contributed by atoms with Gasteiger partial charge in [0.05, 0.1) is 27.4 Å². The first-order chi connectivity index (χ1) is 9.58. The smallest absolute Gasteiger partial charge is 0.163 e. The van der Waals surface area contributed by atoms with Crippen LogP contribution in [0.1, 0.15) is 19.4 Å². The van der Waals surface area contributed by atoms with Gasteiger partial charge in [-0.25, -0.2) is 4.39 Å². The Balaban J connectivity index is 2.43. The van der Waals surface area contributed by atoms with Gasteiger partial charge < -0.3 is 19.5 Å². The highest BCUT2D eigenvalue weighted by Crippen LogP contribution is 2.29. The minimum atomic E-state index is -0.299. The van der Waals surface area contributed by atoms with Crippen LogP contribution < -0.4 is 14.8 Å². The van der Waals surface area contributed by atoms with Crippen LogP contribution in [0.15, 0.2) is 12.1 Å². The Morgan fingerprint density at radius 1 is 1.10 bits per heavy atom. The van der Waals surface area contributed by atoms with Gasteiger partial charge in [0.2, 0.25) is 0 Å². The lowest BCUT2D eigenvalue weighted by atomic mass is 10.1. The van der Waals surface area contributed by atoms with Crippen molar-refractivity contribution in [1.29, 1.82) is 0 Å². The van der Waals surface area contributed by atoms with E-state index in [-0.39, 0.29) is 5.82 Å². The zero-order valence-corrected chi connectivity index (χ0v) is 12.7. The summed E-state index contributed by atoms with van der Waals surface area (Å²) in [6, 6.07) is 3.44. The summed E-state index contributed by atoms with van der Waals surface area (Å²) in [7, 11) is 3.02. The predicted octanol–water partition coefficient (Wildman–Crippen LogP) is 2.40. The number of halogens is 1. The molecule has 0 aliphatic carbocycles. The third-order valence-corrected chi connectivity index (χ3v) is 2.87. The van der Waals surface area contributed by atoms with Gasteiger partial charge in [0.15, 0.2) is 11.5 Å². The van der Waals surface area contributed by atoms with Crippen LogP contribution in [-0.2, 0) is 11.2 Å². The van der Waals surface area contributed by atoms with E-state index in [0.717, 1.165) is 6.54 Å². The summed E-state index contributed by atoms with van der Waals surface area (Å²) < 4.78 is 29.5. The van der Waals surface area contributed by atoms with Gasteiger partial charge in [-0.2, -0.15) is 0 Å². The summed E-state index contributed by atoms with van der Waals surface area (Å²) >= 11 is 0. The fourth-order valence-electron chi connectivity index (χ4n) is 1.79. The van der Waals surface area contributed by atoms with Crippen LogP contribution >= 0.6 is 0 Å². The molecule has 0 aliphatic heterocycles. The molecule has 0 aromatic heterocycles. The molecule has 0 bridgehead atoms. The van der Waals surface area contributed by atoms with Crippen molar-refractivity contribution in [2.75, 3.05) is 34.0 Å². The predicted molar refractivity (Wildman–Crippen MR) is 77.2 cm³/mol. The van der Waals surface area contributed by atoms with Gasteiger partial charge >= 0.3 is 0 Å². The number of methoxy groups -OCH3 is 2. The van der Waals surface area contributed by atoms with E-state index >= 15 is 0 Å². The van der Waals surface area contributed by atoms with Gasteiger partial charge in [0.1, 0.15) is 5.82 Å². The molecule has 0 aliphatic rings. The highest BCUT2D eigenvalue weighted by Gasteiger charge is 2.10. The second kappa shape index (κ2) is 8.76. The maximum atomic E-state index is 13.8. The standard InChI is InChI=1S/C15H24FNO3/c1-11(2)17-6-8-20-7-5-12-9-14(18-3)15(19-4)10-13(12)16/h9-11,17H,5-8H2,1-4H3. The van der Waals surface area contributed by atoms with Crippen molar-refractivity contribution in [2.45, 2.75) is 26.3 Å². The molecule has 0 saturated carbocycles. The average molecular weight is 285 g/mol. The van der Waals surface area contributed by atoms with Crippen molar-refractivity contribution in [3.63, 3.8) is 0 Å². The van der Waals surface area contributed by atoms with Gasteiger partial charge in [0.25, 0.3) is 0 Å². The molecule has 5 heteroatoms. The zero-order chi connectivity index (χ0) is 15.0. The fourth-order valence-corrected chi connectivity index (χ4v) is 1.79. The van der Waals surface area contributed by atoms with Crippen LogP contribution in [0.5, 0.6) is 11.5 Å². The third-order valence-electron chi connectivity index (χ3n) is 2.87. The molecule has 0 unspecified atom stereocenters. The van der Waals surface area contributed by atoms with E-state index in [4.69, 9.17) is 14.2 Å². The van der Waals surface area contributed by atoms with Crippen LogP contribution in [0.4, 0.5) is 4.39 Å². The zero-order valence-electron chi connectivity index (χ0n) is 12.7. The normalized spacial score (nSPS) is 10.9. The van der Waals surface area contributed by atoms with Crippen molar-refractivity contribution in [2.24, 2.45) is 0 Å². The molecule has 4 nitrogen and oxygen atoms in total. The summed E-state index contributed by atoms with van der Waals surface area (Å²) in [5.74, 6) is 0.632. The van der Waals surface area contributed by atoms with Crippen molar-refractivity contribution >= 4 is 0 Å². The second-order valence-corrected chi connectivity index (χ2v) is 4.77. The van der Waals surface area contributed by atoms with E-state index in [1.807, 2.05) is 0 Å². The molecule has 1 N–H and O–H groups in total. The fraction of sp³-hybridized carbons (Fsp3) is 0.600. The Hall–Kier alpha value is -1.33. The van der Waals surface area contributed by atoms with Crippen LogP contribution in [-0.4, -0.2) is 40.0 Å². The molecule has 0 radical (unpaired) electrons. The van der Waals surface area contributed by atoms with Crippen LogP contribution in [0.25, 0.3) is 0 Å². The Morgan fingerprint density at radius 3 is 2.35 bits per heavy atom. The molecular weight excluding hydrogens is 261 g/mol. The molecule has 1 rings (SSSR count). The highest BCUT2D eigenvalue weighted by molar-refractivity contribution is 5.43. The maximum Gasteiger partial charge on any atom is 0.163 e. The summed E-state index contributed by atoms with van der Waals surface area (Å²) in [4.78, 5) is 0. The molecule has 1 aromatic carbocycles. The first-order valence-corrected chi connectivity index (χ1v) is 6.80. The summed E-state index contributed by atoms with van der Waals surface area (Å²) in [5, 5.41) is 3.25. The van der Waals surface area contributed by atoms with Crippen molar-refractivity contribution in [3.05, 3.63) is 23.5 Å². The number of hydrogen-bond donors (Lipinski definition) is 1. The van der Waals surface area contributed by atoms with Crippen LogP contribution in [0.3, 0.4) is 0 Å². The Kier molecular flexibility index (Phi) is 7.33. The number of rotatable bonds is 9. The molecule has 0 saturated heterocycles. The number of benzene rings is 1. The van der Waals surface area contributed by atoms with Crippen molar-refractivity contribution < 1.29 is 18.6 Å². The first-order valence-electron chi connectivity index (χ1n) is 6.80. The van der Waals surface area contributed by atoms with E-state index in [0.29, 0.717) is 42.7 Å². The van der Waals surface area contributed by atoms with Crippen LogP contribution in [0, 0.1) is 5.82 Å². The lowest BCUT2D eigenvalue weighted by Crippen LogP contribution is -2.26. The molecule has 20 heavy (non-hydrogen) atoms. The van der Waals surface area contributed by atoms with E-state index < -0.39 is 0 Å². The van der Waals surface area contributed by atoms with Gasteiger partial charge in [-0.05, 0) is 18.1 Å². The Labute approximate surface area is 120 Å². The second-order valence-electron chi connectivity index (χ2n) is 4.77. The van der Waals surface area contributed by atoms with Crippen molar-refractivity contribution in [1.82, 2.24) is 5.32 Å². The minimum absolute atomic E-state index is 0.299. The minimum Gasteiger partial charge on any atom is -0.493 e. The van der Waals surface area contributed by atoms with Crippen LogP contribution in [0.2, 0.25) is 0 Å². The molecule has 0 fully saturated rings. The molecule has 0 atom stereocenters. The summed E-state index contributed by atoms with van der Waals surface area (Å²) in [6.45, 7) is 6.06. The molecule has 0 heterocycles. The topological polar surface area (TPSA) is 39.7 Å². The molecular formula is C15H24FNO3. The van der Waals surface area contributed by atoms with E-state index in [9.17, 15) is 4.39 Å². The summed E-state index contributed by atoms with van der Waals surface area (Å²) in [6.07, 6.45) is 0.508. The van der Waals surface area contributed by atoms with E-state index in [2.05, 4.69) is 19.2 Å². The number of nitrogens with one attached hydrogen (secondary N) is 1. The third kappa shape index (κ3) is 5.35. The van der Waals surface area contributed by atoms with E-state index in [1.54, 1.807) is 6.07 Å². The quantitative estimate of drug-likeness (QED) is 0.707. The lowest BCUT2D eigenvalue weighted by molar-refractivity contribution is 0.137. The molecule has 0 spiro atoms. The molecule has 0 amide bonds. The SMILES string of the molecule is COc1cc(F)c(CCOCCNC(C)C)cc1OC. The largest absolute Gasteiger partial charge is 0.493 e. The average Bonchev–Trinajstić information content (AvgIpc) is 2.43. The highest BCUT2D eigenvalue weighted by atomic mass is 19.1. The monoisotopic (exact) mass is 285 g/mol. The van der Waals surface area contributed by atoms with Gasteiger partial charge in [0, 0.05) is 18.7 Å². The van der Waals surface area contributed by atoms with Crippen molar-refractivity contribution in [3.8, 4) is 11.5 Å². The Morgan fingerprint density at radius 2 is 1.75 bits per heavy atom. The van der Waals surface area contributed by atoms with Gasteiger partial charge in [-0.3, -0.25) is 0 Å². The van der Waals surface area contributed by atoms with Gasteiger partial charge in [-0.15, -0.1) is 0 Å². The first kappa shape index (κ1) is 16.7.